The quantitative estimate of drug-likeness (QED) is 0.669. The van der Waals surface area contributed by atoms with Crippen LogP contribution in [0.3, 0.4) is 0 Å². The number of aryl methyl sites for hydroxylation is 1. The molecule has 0 atom stereocenters. The number of nitrogens with zero attached hydrogens (tertiary/aromatic N) is 4. The van der Waals surface area contributed by atoms with E-state index in [9.17, 15) is 9.18 Å². The number of amides is 1. The summed E-state index contributed by atoms with van der Waals surface area (Å²) in [4.78, 5) is 18.5. The van der Waals surface area contributed by atoms with E-state index in [0.717, 1.165) is 11.3 Å². The van der Waals surface area contributed by atoms with Crippen LogP contribution in [0.1, 0.15) is 28.9 Å². The van der Waals surface area contributed by atoms with Crippen LogP contribution in [0, 0.1) is 12.7 Å². The zero-order valence-electron chi connectivity index (χ0n) is 15.5. The summed E-state index contributed by atoms with van der Waals surface area (Å²) >= 11 is 0. The molecule has 0 bridgehead atoms. The molecule has 3 rings (SSSR count). The lowest BCUT2D eigenvalue weighted by molar-refractivity contribution is 0.0773. The zero-order valence-corrected chi connectivity index (χ0v) is 15.5. The van der Waals surface area contributed by atoms with Crippen LogP contribution < -0.4 is 4.74 Å². The Kier molecular flexibility index (Phi) is 5.49. The van der Waals surface area contributed by atoms with Crippen molar-refractivity contribution in [2.45, 2.75) is 20.4 Å². The van der Waals surface area contributed by atoms with Crippen LogP contribution in [0.15, 0.2) is 48.5 Å². The van der Waals surface area contributed by atoms with Gasteiger partial charge in [0.15, 0.2) is 0 Å². The number of aromatic nitrogens is 3. The fourth-order valence-corrected chi connectivity index (χ4v) is 2.68. The topological polar surface area (TPSA) is 60.2 Å². The smallest absolute Gasteiger partial charge is 0.293 e. The second-order valence-corrected chi connectivity index (χ2v) is 6.11. The Morgan fingerprint density at radius 1 is 1.15 bits per heavy atom. The summed E-state index contributed by atoms with van der Waals surface area (Å²) in [6, 6.07) is 13.5. The lowest BCUT2D eigenvalue weighted by Gasteiger charge is -2.15. The van der Waals surface area contributed by atoms with E-state index in [4.69, 9.17) is 4.74 Å². The summed E-state index contributed by atoms with van der Waals surface area (Å²) in [5, 5.41) is 4.28. The minimum atomic E-state index is -0.331. The average molecular weight is 368 g/mol. The summed E-state index contributed by atoms with van der Waals surface area (Å²) in [5.41, 5.74) is 1.62. The minimum Gasteiger partial charge on any atom is -0.494 e. The van der Waals surface area contributed by atoms with Crippen molar-refractivity contribution < 1.29 is 13.9 Å². The summed E-state index contributed by atoms with van der Waals surface area (Å²) < 4.78 is 20.0. The van der Waals surface area contributed by atoms with Gasteiger partial charge in [0, 0.05) is 13.6 Å². The Balaban J connectivity index is 1.73. The second kappa shape index (κ2) is 7.99. The molecular formula is C20H21FN4O2. The summed E-state index contributed by atoms with van der Waals surface area (Å²) in [6.07, 6.45) is 0. The van der Waals surface area contributed by atoms with Gasteiger partial charge in [0.25, 0.3) is 5.91 Å². The molecule has 2 aromatic carbocycles. The number of halogens is 1. The number of benzene rings is 2. The molecule has 1 heterocycles. The van der Waals surface area contributed by atoms with Gasteiger partial charge >= 0.3 is 0 Å². The summed E-state index contributed by atoms with van der Waals surface area (Å²) in [5.74, 6) is 0.839. The average Bonchev–Trinajstić information content (AvgIpc) is 3.05. The van der Waals surface area contributed by atoms with Gasteiger partial charge in [-0.3, -0.25) is 4.79 Å². The molecule has 0 unspecified atom stereocenters. The number of rotatable bonds is 6. The van der Waals surface area contributed by atoms with Crippen LogP contribution in [0.4, 0.5) is 4.39 Å². The monoisotopic (exact) mass is 368 g/mol. The molecule has 140 valence electrons. The molecule has 7 heteroatoms. The van der Waals surface area contributed by atoms with Crippen molar-refractivity contribution >= 4 is 5.91 Å². The largest absolute Gasteiger partial charge is 0.494 e. The highest BCUT2D eigenvalue weighted by Crippen LogP contribution is 2.15. The number of carbonyl (C=O) groups is 1. The van der Waals surface area contributed by atoms with Crippen molar-refractivity contribution in [1.29, 1.82) is 0 Å². The fourth-order valence-electron chi connectivity index (χ4n) is 2.68. The third-order valence-electron chi connectivity index (χ3n) is 4.03. The van der Waals surface area contributed by atoms with E-state index in [0.29, 0.717) is 24.7 Å². The number of ether oxygens (including phenoxy) is 1. The first-order valence-electron chi connectivity index (χ1n) is 8.64. The highest BCUT2D eigenvalue weighted by atomic mass is 19.1. The Hall–Kier alpha value is -3.22. The Labute approximate surface area is 157 Å². The molecule has 0 N–H and O–H groups in total. The maximum atomic E-state index is 13.1. The van der Waals surface area contributed by atoms with Gasteiger partial charge in [-0.15, -0.1) is 5.10 Å². The minimum absolute atomic E-state index is 0.102. The molecule has 1 amide bonds. The normalized spacial score (nSPS) is 10.7. The highest BCUT2D eigenvalue weighted by molar-refractivity contribution is 5.90. The first-order valence-corrected chi connectivity index (χ1v) is 8.64. The maximum Gasteiger partial charge on any atom is 0.293 e. The molecule has 6 nitrogen and oxygen atoms in total. The van der Waals surface area contributed by atoms with Gasteiger partial charge in [0.1, 0.15) is 17.4 Å². The van der Waals surface area contributed by atoms with Crippen LogP contribution in [-0.2, 0) is 6.54 Å². The van der Waals surface area contributed by atoms with Gasteiger partial charge in [0.2, 0.25) is 5.82 Å². The molecule has 0 saturated carbocycles. The predicted octanol–water partition coefficient (Wildman–Crippen LogP) is 3.39. The molecule has 0 aliphatic heterocycles. The second-order valence-electron chi connectivity index (χ2n) is 6.11. The number of carbonyl (C=O) groups excluding carboxylic acids is 1. The van der Waals surface area contributed by atoms with Gasteiger partial charge in [-0.1, -0.05) is 12.1 Å². The predicted molar refractivity (Wildman–Crippen MR) is 99.5 cm³/mol. The van der Waals surface area contributed by atoms with E-state index < -0.39 is 0 Å². The molecule has 0 fully saturated rings. The van der Waals surface area contributed by atoms with Crippen LogP contribution in [0.25, 0.3) is 5.69 Å². The van der Waals surface area contributed by atoms with Crippen LogP contribution >= 0.6 is 0 Å². The fraction of sp³-hybridized carbons (Fsp3) is 0.250. The number of hydrogen-bond acceptors (Lipinski definition) is 4. The van der Waals surface area contributed by atoms with Crippen molar-refractivity contribution in [1.82, 2.24) is 19.7 Å². The molecule has 3 aromatic rings. The van der Waals surface area contributed by atoms with Gasteiger partial charge in [-0.2, -0.15) is 0 Å². The number of hydrogen-bond donors (Lipinski definition) is 0. The summed E-state index contributed by atoms with van der Waals surface area (Å²) in [6.45, 7) is 4.72. The molecule has 0 saturated heterocycles. The lowest BCUT2D eigenvalue weighted by Crippen LogP contribution is -2.27. The zero-order chi connectivity index (χ0) is 19.4. The van der Waals surface area contributed by atoms with Crippen molar-refractivity contribution in [2.24, 2.45) is 0 Å². The van der Waals surface area contributed by atoms with Gasteiger partial charge < -0.3 is 9.64 Å². The molecular weight excluding hydrogens is 347 g/mol. The van der Waals surface area contributed by atoms with E-state index in [2.05, 4.69) is 10.1 Å². The van der Waals surface area contributed by atoms with Gasteiger partial charge in [-0.05, 0) is 55.8 Å². The van der Waals surface area contributed by atoms with Crippen molar-refractivity contribution in [2.75, 3.05) is 13.7 Å². The summed E-state index contributed by atoms with van der Waals surface area (Å²) in [7, 11) is 1.70. The van der Waals surface area contributed by atoms with Gasteiger partial charge in [0.05, 0.1) is 12.3 Å². The third-order valence-corrected chi connectivity index (χ3v) is 4.03. The van der Waals surface area contributed by atoms with E-state index in [1.807, 2.05) is 31.2 Å². The van der Waals surface area contributed by atoms with E-state index in [1.165, 1.54) is 16.8 Å². The van der Waals surface area contributed by atoms with Crippen molar-refractivity contribution in [3.8, 4) is 11.4 Å². The van der Waals surface area contributed by atoms with Crippen LogP contribution in [0.5, 0.6) is 5.75 Å². The lowest BCUT2D eigenvalue weighted by atomic mass is 10.2. The van der Waals surface area contributed by atoms with E-state index in [-0.39, 0.29) is 17.5 Å². The molecule has 27 heavy (non-hydrogen) atoms. The molecule has 0 aliphatic carbocycles. The highest BCUT2D eigenvalue weighted by Gasteiger charge is 2.19. The first-order chi connectivity index (χ1) is 13.0. The van der Waals surface area contributed by atoms with Crippen LogP contribution in [0.2, 0.25) is 0 Å². The van der Waals surface area contributed by atoms with Crippen molar-refractivity contribution in [3.05, 3.63) is 71.6 Å². The van der Waals surface area contributed by atoms with Crippen LogP contribution in [-0.4, -0.2) is 39.2 Å². The Morgan fingerprint density at radius 2 is 1.81 bits per heavy atom. The van der Waals surface area contributed by atoms with E-state index >= 15 is 0 Å². The molecule has 0 spiro atoms. The molecule has 1 aromatic heterocycles. The van der Waals surface area contributed by atoms with Gasteiger partial charge in [-0.25, -0.2) is 14.1 Å². The molecule has 0 radical (unpaired) electrons. The van der Waals surface area contributed by atoms with E-state index in [1.54, 1.807) is 31.0 Å². The molecule has 0 aliphatic rings. The Morgan fingerprint density at radius 3 is 2.44 bits per heavy atom. The first kappa shape index (κ1) is 18.6. The third kappa shape index (κ3) is 4.31. The SMILES string of the molecule is CCOc1ccc(CN(C)C(=O)c2nc(C)n(-c3ccc(F)cc3)n2)cc1. The standard InChI is InChI=1S/C20H21FN4O2/c1-4-27-18-11-5-15(6-12-18)13-24(3)20(26)19-22-14(2)25(23-19)17-9-7-16(21)8-10-17/h5-12H,4,13H2,1-3H3. The maximum absolute atomic E-state index is 13.1. The van der Waals surface area contributed by atoms with Crippen molar-refractivity contribution in [3.63, 3.8) is 0 Å². The Bertz CT molecular complexity index is 920.